The predicted octanol–water partition coefficient (Wildman–Crippen LogP) is 0.947. The molecular weight excluding hydrogens is 264 g/mol. The number of sulfone groups is 1. The molecule has 1 aromatic carbocycles. The Labute approximate surface area is 114 Å². The normalized spacial score (nSPS) is 11.6. The molecule has 0 aliphatic carbocycles. The molecule has 0 unspecified atom stereocenters. The van der Waals surface area contributed by atoms with Crippen LogP contribution in [0, 0.1) is 0 Å². The van der Waals surface area contributed by atoms with Crippen LogP contribution in [0.15, 0.2) is 29.2 Å². The number of amides is 1. The molecule has 0 atom stereocenters. The van der Waals surface area contributed by atoms with Crippen molar-refractivity contribution in [1.29, 1.82) is 0 Å². The van der Waals surface area contributed by atoms with Gasteiger partial charge in [0.05, 0.1) is 10.1 Å². The van der Waals surface area contributed by atoms with Crippen LogP contribution in [0.25, 0.3) is 0 Å². The summed E-state index contributed by atoms with van der Waals surface area (Å²) in [5.74, 6) is -0.220. The van der Waals surface area contributed by atoms with Crippen LogP contribution in [0.5, 0.6) is 0 Å². The first-order valence-electron chi connectivity index (χ1n) is 6.22. The number of rotatable bonds is 6. The zero-order valence-corrected chi connectivity index (χ0v) is 12.0. The van der Waals surface area contributed by atoms with Crippen LogP contribution in [0.2, 0.25) is 0 Å². The van der Waals surface area contributed by atoms with E-state index in [1.165, 1.54) is 24.3 Å². The summed E-state index contributed by atoms with van der Waals surface area (Å²) in [5.41, 5.74) is 5.78. The first-order chi connectivity index (χ1) is 8.89. The van der Waals surface area contributed by atoms with Crippen molar-refractivity contribution in [2.45, 2.75) is 30.4 Å². The molecule has 1 rings (SSSR count). The summed E-state index contributed by atoms with van der Waals surface area (Å²) in [5, 5.41) is 2.24. The summed E-state index contributed by atoms with van der Waals surface area (Å²) in [6.45, 7) is 4.29. The number of carbonyl (C=O) groups excluding carboxylic acids is 1. The third-order valence-corrected chi connectivity index (χ3v) is 4.90. The Kier molecular flexibility index (Phi) is 5.50. The Bertz CT molecular complexity index is 521. The number of nitrogens with one attached hydrogen (secondary N) is 1. The second-order valence-electron chi connectivity index (χ2n) is 4.52. The van der Waals surface area contributed by atoms with E-state index in [0.29, 0.717) is 25.1 Å². The molecule has 6 heteroatoms. The summed E-state index contributed by atoms with van der Waals surface area (Å²) in [6.07, 6.45) is 0.714. The first-order valence-corrected chi connectivity index (χ1v) is 7.76. The van der Waals surface area contributed by atoms with E-state index in [-0.39, 0.29) is 10.8 Å². The zero-order chi connectivity index (χ0) is 14.5. The van der Waals surface area contributed by atoms with Crippen molar-refractivity contribution in [3.63, 3.8) is 0 Å². The Hall–Kier alpha value is -1.40. The molecule has 0 aliphatic rings. The third kappa shape index (κ3) is 4.04. The fraction of sp³-hybridized carbons (Fsp3) is 0.462. The number of benzene rings is 1. The van der Waals surface area contributed by atoms with Crippen LogP contribution in [-0.4, -0.2) is 32.7 Å². The maximum absolute atomic E-state index is 11.9. The molecule has 19 heavy (non-hydrogen) atoms. The van der Waals surface area contributed by atoms with Crippen LogP contribution in [0.4, 0.5) is 0 Å². The van der Waals surface area contributed by atoms with Crippen LogP contribution < -0.4 is 11.1 Å². The van der Waals surface area contributed by atoms with E-state index in [1.807, 2.05) is 0 Å². The largest absolute Gasteiger partial charge is 0.352 e. The average molecular weight is 284 g/mol. The van der Waals surface area contributed by atoms with Gasteiger partial charge in [-0.15, -0.1) is 0 Å². The number of hydrogen-bond acceptors (Lipinski definition) is 4. The predicted molar refractivity (Wildman–Crippen MR) is 74.8 cm³/mol. The van der Waals surface area contributed by atoms with E-state index in [4.69, 9.17) is 5.73 Å². The molecule has 0 saturated carbocycles. The molecule has 1 aromatic rings. The summed E-state index contributed by atoms with van der Waals surface area (Å²) in [7, 11) is -3.29. The summed E-state index contributed by atoms with van der Waals surface area (Å²) in [4.78, 5) is 12.0. The molecule has 5 nitrogen and oxygen atoms in total. The van der Waals surface area contributed by atoms with Gasteiger partial charge in [-0.25, -0.2) is 8.42 Å². The van der Waals surface area contributed by atoms with Crippen LogP contribution in [0.3, 0.4) is 0 Å². The van der Waals surface area contributed by atoms with Gasteiger partial charge >= 0.3 is 0 Å². The lowest BCUT2D eigenvalue weighted by Gasteiger charge is -2.09. The van der Waals surface area contributed by atoms with E-state index in [1.54, 1.807) is 13.8 Å². The van der Waals surface area contributed by atoms with Gasteiger partial charge in [-0.3, -0.25) is 4.79 Å². The highest BCUT2D eigenvalue weighted by Gasteiger charge is 2.19. The fourth-order valence-electron chi connectivity index (χ4n) is 1.47. The van der Waals surface area contributed by atoms with E-state index >= 15 is 0 Å². The minimum atomic E-state index is -3.29. The highest BCUT2D eigenvalue weighted by Crippen LogP contribution is 2.16. The molecule has 1 amide bonds. The lowest BCUT2D eigenvalue weighted by Crippen LogP contribution is -2.26. The van der Waals surface area contributed by atoms with Crippen LogP contribution in [-0.2, 0) is 9.84 Å². The first kappa shape index (κ1) is 15.7. The average Bonchev–Trinajstić information content (AvgIpc) is 2.39. The smallest absolute Gasteiger partial charge is 0.251 e. The van der Waals surface area contributed by atoms with E-state index < -0.39 is 15.1 Å². The summed E-state index contributed by atoms with van der Waals surface area (Å²) < 4.78 is 23.8. The molecule has 0 fully saturated rings. The van der Waals surface area contributed by atoms with E-state index in [2.05, 4.69) is 5.32 Å². The zero-order valence-electron chi connectivity index (χ0n) is 11.2. The fourth-order valence-corrected chi connectivity index (χ4v) is 2.53. The lowest BCUT2D eigenvalue weighted by molar-refractivity contribution is 0.0953. The van der Waals surface area contributed by atoms with Gasteiger partial charge < -0.3 is 11.1 Å². The van der Waals surface area contributed by atoms with Gasteiger partial charge in [-0.2, -0.15) is 0 Å². The standard InChI is InChI=1S/C13H20N2O3S/c1-10(2)19(17,18)12-6-4-11(5-7-12)13(16)15-9-3-8-14/h4-7,10H,3,8-9,14H2,1-2H3,(H,15,16). The van der Waals surface area contributed by atoms with Crippen LogP contribution in [0.1, 0.15) is 30.6 Å². The van der Waals surface area contributed by atoms with Gasteiger partial charge in [0.25, 0.3) is 5.91 Å². The minimum Gasteiger partial charge on any atom is -0.352 e. The molecular formula is C13H20N2O3S. The molecule has 0 aromatic heterocycles. The molecule has 0 radical (unpaired) electrons. The van der Waals surface area contributed by atoms with Crippen molar-refractivity contribution >= 4 is 15.7 Å². The highest BCUT2D eigenvalue weighted by atomic mass is 32.2. The monoisotopic (exact) mass is 284 g/mol. The molecule has 0 saturated heterocycles. The van der Waals surface area contributed by atoms with E-state index in [9.17, 15) is 13.2 Å². The van der Waals surface area contributed by atoms with Crippen LogP contribution >= 0.6 is 0 Å². The van der Waals surface area contributed by atoms with E-state index in [0.717, 1.165) is 0 Å². The van der Waals surface area contributed by atoms with Gasteiger partial charge in [-0.05, 0) is 51.1 Å². The third-order valence-electron chi connectivity index (χ3n) is 2.73. The second kappa shape index (κ2) is 6.68. The van der Waals surface area contributed by atoms with Gasteiger partial charge in [-0.1, -0.05) is 0 Å². The van der Waals surface area contributed by atoms with Crippen molar-refractivity contribution in [3.05, 3.63) is 29.8 Å². The lowest BCUT2D eigenvalue weighted by atomic mass is 10.2. The van der Waals surface area contributed by atoms with Gasteiger partial charge in [0, 0.05) is 12.1 Å². The summed E-state index contributed by atoms with van der Waals surface area (Å²) in [6, 6.07) is 5.97. The van der Waals surface area contributed by atoms with Crippen molar-refractivity contribution in [1.82, 2.24) is 5.32 Å². The van der Waals surface area contributed by atoms with Crippen molar-refractivity contribution in [2.75, 3.05) is 13.1 Å². The molecule has 106 valence electrons. The maximum Gasteiger partial charge on any atom is 0.251 e. The Morgan fingerprint density at radius 2 is 1.84 bits per heavy atom. The summed E-state index contributed by atoms with van der Waals surface area (Å²) >= 11 is 0. The Morgan fingerprint density at radius 3 is 2.32 bits per heavy atom. The maximum atomic E-state index is 11.9. The SMILES string of the molecule is CC(C)S(=O)(=O)c1ccc(C(=O)NCCCN)cc1. The molecule has 0 bridgehead atoms. The topological polar surface area (TPSA) is 89.3 Å². The quantitative estimate of drug-likeness (QED) is 0.761. The molecule has 0 spiro atoms. The van der Waals surface area contributed by atoms with Gasteiger partial charge in [0.15, 0.2) is 9.84 Å². The Morgan fingerprint density at radius 1 is 1.26 bits per heavy atom. The Balaban J connectivity index is 2.80. The molecule has 0 aliphatic heterocycles. The number of hydrogen-bond donors (Lipinski definition) is 2. The van der Waals surface area contributed by atoms with Crippen molar-refractivity contribution < 1.29 is 13.2 Å². The molecule has 0 heterocycles. The second-order valence-corrected chi connectivity index (χ2v) is 7.02. The number of carbonyl (C=O) groups is 1. The van der Waals surface area contributed by atoms with Crippen molar-refractivity contribution in [2.24, 2.45) is 5.73 Å². The number of nitrogens with two attached hydrogens (primary N) is 1. The van der Waals surface area contributed by atoms with Crippen molar-refractivity contribution in [3.8, 4) is 0 Å². The minimum absolute atomic E-state index is 0.220. The highest BCUT2D eigenvalue weighted by molar-refractivity contribution is 7.92. The molecule has 3 N–H and O–H groups in total. The van der Waals surface area contributed by atoms with Gasteiger partial charge in [0.1, 0.15) is 0 Å². The van der Waals surface area contributed by atoms with Gasteiger partial charge in [0.2, 0.25) is 0 Å².